The van der Waals surface area contributed by atoms with Gasteiger partial charge >= 0.3 is 0 Å². The summed E-state index contributed by atoms with van der Waals surface area (Å²) in [5.74, 6) is -0.163. The molecule has 1 unspecified atom stereocenters. The number of benzene rings is 2. The Morgan fingerprint density at radius 1 is 1.23 bits per heavy atom. The first-order valence-corrected chi connectivity index (χ1v) is 10.6. The first-order chi connectivity index (χ1) is 14.6. The maximum absolute atomic E-state index is 14.5. The average Bonchev–Trinajstić information content (AvgIpc) is 3.14. The van der Waals surface area contributed by atoms with Gasteiger partial charge < -0.3 is 20.4 Å². The summed E-state index contributed by atoms with van der Waals surface area (Å²) in [6.45, 7) is 2.81. The van der Waals surface area contributed by atoms with Crippen LogP contribution in [0.3, 0.4) is 0 Å². The molecular weight excluding hydrogens is 405 g/mol. The SMILES string of the molecule is O=C(NC(COCC1CCNCC1)c1ccccc1F)c1ccc2c(Cl)c[nH]c2c1. The second-order valence-corrected chi connectivity index (χ2v) is 8.08. The number of hydrogen-bond acceptors (Lipinski definition) is 3. The van der Waals surface area contributed by atoms with E-state index in [9.17, 15) is 9.18 Å². The fourth-order valence-electron chi connectivity index (χ4n) is 3.84. The van der Waals surface area contributed by atoms with Gasteiger partial charge in [0.05, 0.1) is 17.7 Å². The van der Waals surface area contributed by atoms with E-state index in [4.69, 9.17) is 16.3 Å². The number of aromatic amines is 1. The van der Waals surface area contributed by atoms with E-state index in [1.165, 1.54) is 6.07 Å². The van der Waals surface area contributed by atoms with Crippen LogP contribution in [0.1, 0.15) is 34.8 Å². The van der Waals surface area contributed by atoms with E-state index in [0.29, 0.717) is 28.7 Å². The molecule has 1 aromatic heterocycles. The predicted molar refractivity (Wildman–Crippen MR) is 116 cm³/mol. The number of nitrogens with one attached hydrogen (secondary N) is 3. The first kappa shape index (κ1) is 20.8. The third-order valence-corrected chi connectivity index (χ3v) is 5.89. The maximum Gasteiger partial charge on any atom is 0.251 e. The second kappa shape index (κ2) is 9.60. The summed E-state index contributed by atoms with van der Waals surface area (Å²) in [4.78, 5) is 16.0. The average molecular weight is 430 g/mol. The first-order valence-electron chi connectivity index (χ1n) is 10.2. The molecule has 7 heteroatoms. The van der Waals surface area contributed by atoms with Crippen LogP contribution in [-0.4, -0.2) is 37.2 Å². The monoisotopic (exact) mass is 429 g/mol. The van der Waals surface area contributed by atoms with Gasteiger partial charge in [0, 0.05) is 34.8 Å². The molecule has 0 saturated carbocycles. The molecule has 3 N–H and O–H groups in total. The fourth-order valence-corrected chi connectivity index (χ4v) is 4.06. The number of aromatic nitrogens is 1. The van der Waals surface area contributed by atoms with Crippen molar-refractivity contribution in [2.24, 2.45) is 5.92 Å². The Hall–Kier alpha value is -2.41. The lowest BCUT2D eigenvalue weighted by Gasteiger charge is -2.25. The molecule has 1 aliphatic heterocycles. The lowest BCUT2D eigenvalue weighted by Crippen LogP contribution is -2.34. The largest absolute Gasteiger partial charge is 0.379 e. The molecule has 158 valence electrons. The number of rotatable bonds is 7. The summed E-state index contributed by atoms with van der Waals surface area (Å²) in [5, 5.41) is 7.72. The van der Waals surface area contributed by atoms with Crippen LogP contribution in [0.15, 0.2) is 48.7 Å². The van der Waals surface area contributed by atoms with Gasteiger partial charge in [-0.2, -0.15) is 0 Å². The van der Waals surface area contributed by atoms with Crippen LogP contribution in [0.2, 0.25) is 5.02 Å². The van der Waals surface area contributed by atoms with Crippen molar-refractivity contribution in [1.82, 2.24) is 15.6 Å². The lowest BCUT2D eigenvalue weighted by atomic mass is 9.99. The molecule has 0 aliphatic carbocycles. The Bertz CT molecular complexity index is 1020. The molecule has 0 spiro atoms. The van der Waals surface area contributed by atoms with Crippen molar-refractivity contribution in [3.63, 3.8) is 0 Å². The van der Waals surface area contributed by atoms with E-state index >= 15 is 0 Å². The lowest BCUT2D eigenvalue weighted by molar-refractivity contribution is 0.0650. The number of ether oxygens (including phenoxy) is 1. The number of hydrogen-bond donors (Lipinski definition) is 3. The van der Waals surface area contributed by atoms with Crippen molar-refractivity contribution in [2.75, 3.05) is 26.3 Å². The van der Waals surface area contributed by atoms with Gasteiger partial charge in [-0.25, -0.2) is 4.39 Å². The van der Waals surface area contributed by atoms with Crippen LogP contribution in [0.5, 0.6) is 0 Å². The molecule has 1 fully saturated rings. The Morgan fingerprint density at radius 3 is 2.83 bits per heavy atom. The van der Waals surface area contributed by atoms with Crippen molar-refractivity contribution in [3.8, 4) is 0 Å². The molecule has 0 radical (unpaired) electrons. The molecule has 30 heavy (non-hydrogen) atoms. The summed E-state index contributed by atoms with van der Waals surface area (Å²) in [5.41, 5.74) is 1.66. The number of carbonyl (C=O) groups excluding carboxylic acids is 1. The number of halogens is 2. The molecule has 2 aromatic carbocycles. The molecule has 4 rings (SSSR count). The van der Waals surface area contributed by atoms with Crippen LogP contribution in [0.25, 0.3) is 10.9 Å². The summed E-state index contributed by atoms with van der Waals surface area (Å²) < 4.78 is 20.4. The van der Waals surface area contributed by atoms with Crippen LogP contribution in [-0.2, 0) is 4.74 Å². The van der Waals surface area contributed by atoms with Crippen LogP contribution in [0.4, 0.5) is 4.39 Å². The molecule has 1 saturated heterocycles. The summed E-state index contributed by atoms with van der Waals surface area (Å²) in [6.07, 6.45) is 3.82. The van der Waals surface area contributed by atoms with Crippen molar-refractivity contribution >= 4 is 28.4 Å². The Morgan fingerprint density at radius 2 is 2.03 bits per heavy atom. The third kappa shape index (κ3) is 4.83. The molecule has 0 bridgehead atoms. The Labute approximate surface area is 180 Å². The number of carbonyl (C=O) groups is 1. The van der Waals surface area contributed by atoms with Gasteiger partial charge in [-0.1, -0.05) is 35.9 Å². The molecule has 1 aliphatic rings. The van der Waals surface area contributed by atoms with Gasteiger partial charge in [-0.3, -0.25) is 4.79 Å². The molecule has 3 aromatic rings. The molecular formula is C23H25ClFN3O2. The van der Waals surface area contributed by atoms with Crippen molar-refractivity contribution in [3.05, 3.63) is 70.6 Å². The zero-order chi connectivity index (χ0) is 20.9. The zero-order valence-corrected chi connectivity index (χ0v) is 17.3. The minimum atomic E-state index is -0.580. The zero-order valence-electron chi connectivity index (χ0n) is 16.6. The number of fused-ring (bicyclic) bond motifs is 1. The molecule has 5 nitrogen and oxygen atoms in total. The van der Waals surface area contributed by atoms with Gasteiger partial charge in [-0.15, -0.1) is 0 Å². The van der Waals surface area contributed by atoms with E-state index in [0.717, 1.165) is 36.8 Å². The Kier molecular flexibility index (Phi) is 6.67. The van der Waals surface area contributed by atoms with E-state index < -0.39 is 6.04 Å². The predicted octanol–water partition coefficient (Wildman–Crippen LogP) is 4.45. The van der Waals surface area contributed by atoms with Crippen molar-refractivity contribution in [1.29, 1.82) is 0 Å². The number of piperidine rings is 1. The van der Waals surface area contributed by atoms with Gasteiger partial charge in [0.1, 0.15) is 5.82 Å². The van der Waals surface area contributed by atoms with E-state index in [-0.39, 0.29) is 18.3 Å². The summed E-state index contributed by atoms with van der Waals surface area (Å²) >= 11 is 6.11. The van der Waals surface area contributed by atoms with E-state index in [1.54, 1.807) is 42.6 Å². The maximum atomic E-state index is 14.5. The summed E-state index contributed by atoms with van der Waals surface area (Å²) in [7, 11) is 0. The topological polar surface area (TPSA) is 66.2 Å². The normalized spacial score (nSPS) is 15.9. The van der Waals surface area contributed by atoms with Crippen molar-refractivity contribution < 1.29 is 13.9 Å². The van der Waals surface area contributed by atoms with E-state index in [2.05, 4.69) is 15.6 Å². The quantitative estimate of drug-likeness (QED) is 0.520. The van der Waals surface area contributed by atoms with Crippen LogP contribution >= 0.6 is 11.6 Å². The fraction of sp³-hybridized carbons (Fsp3) is 0.348. The van der Waals surface area contributed by atoms with Gasteiger partial charge in [0.25, 0.3) is 5.91 Å². The molecule has 1 amide bonds. The minimum absolute atomic E-state index is 0.215. The third-order valence-electron chi connectivity index (χ3n) is 5.58. The highest BCUT2D eigenvalue weighted by atomic mass is 35.5. The number of amides is 1. The molecule has 2 heterocycles. The van der Waals surface area contributed by atoms with Crippen molar-refractivity contribution in [2.45, 2.75) is 18.9 Å². The summed E-state index contributed by atoms with van der Waals surface area (Å²) in [6, 6.07) is 11.2. The van der Waals surface area contributed by atoms with Gasteiger partial charge in [0.15, 0.2) is 0 Å². The van der Waals surface area contributed by atoms with E-state index in [1.807, 2.05) is 0 Å². The second-order valence-electron chi connectivity index (χ2n) is 7.68. The highest BCUT2D eigenvalue weighted by Gasteiger charge is 2.21. The highest BCUT2D eigenvalue weighted by Crippen LogP contribution is 2.24. The highest BCUT2D eigenvalue weighted by molar-refractivity contribution is 6.35. The van der Waals surface area contributed by atoms with Gasteiger partial charge in [0.2, 0.25) is 0 Å². The van der Waals surface area contributed by atoms with Crippen LogP contribution in [0, 0.1) is 11.7 Å². The number of H-pyrrole nitrogens is 1. The Balaban J connectivity index is 1.47. The van der Waals surface area contributed by atoms with Crippen LogP contribution < -0.4 is 10.6 Å². The molecule has 1 atom stereocenters. The smallest absolute Gasteiger partial charge is 0.251 e. The minimum Gasteiger partial charge on any atom is -0.379 e. The standard InChI is InChI=1S/C23H25ClFN3O2/c24-19-12-27-21-11-16(5-6-17(19)21)23(29)28-22(18-3-1-2-4-20(18)25)14-30-13-15-7-9-26-10-8-15/h1-6,11-12,15,22,26-27H,7-10,13-14H2,(H,28,29). The van der Waals surface area contributed by atoms with Gasteiger partial charge in [-0.05, 0) is 50.0 Å².